The Balaban J connectivity index is 2.71. The summed E-state index contributed by atoms with van der Waals surface area (Å²) < 4.78 is 2.04. The zero-order valence-electron chi connectivity index (χ0n) is 11.0. The largest absolute Gasteiger partial charge is 0.335 e. The monoisotopic (exact) mass is 232 g/mol. The normalized spacial score (nSPS) is 11.6. The van der Waals surface area contributed by atoms with Gasteiger partial charge in [0.2, 0.25) is 0 Å². The Labute approximate surface area is 102 Å². The van der Waals surface area contributed by atoms with Gasteiger partial charge >= 0.3 is 0 Å². The van der Waals surface area contributed by atoms with Gasteiger partial charge in [0.15, 0.2) is 0 Å². The highest BCUT2D eigenvalue weighted by Crippen LogP contribution is 2.23. The zero-order valence-corrected chi connectivity index (χ0v) is 11.0. The van der Waals surface area contributed by atoms with E-state index in [1.807, 2.05) is 18.5 Å². The predicted octanol–water partition coefficient (Wildman–Crippen LogP) is 1.93. The average molecular weight is 232 g/mol. The van der Waals surface area contributed by atoms with Gasteiger partial charge in [0.25, 0.3) is 0 Å². The Bertz CT molecular complexity index is 540. The third-order valence-electron chi connectivity index (χ3n) is 2.90. The average Bonchev–Trinajstić information content (AvgIpc) is 2.55. The van der Waals surface area contributed by atoms with Crippen molar-refractivity contribution in [1.82, 2.24) is 14.5 Å². The number of hydrogen-bond donors (Lipinski definition) is 1. The van der Waals surface area contributed by atoms with Crippen molar-refractivity contribution < 1.29 is 0 Å². The molecule has 0 radical (unpaired) electrons. The highest BCUT2D eigenvalue weighted by Gasteiger charge is 2.14. The van der Waals surface area contributed by atoms with Crippen LogP contribution in [0.15, 0.2) is 6.20 Å². The van der Waals surface area contributed by atoms with Gasteiger partial charge in [0, 0.05) is 25.2 Å². The molecule has 92 valence electrons. The van der Waals surface area contributed by atoms with Gasteiger partial charge in [-0.25, -0.2) is 9.97 Å². The minimum Gasteiger partial charge on any atom is -0.335 e. The van der Waals surface area contributed by atoms with E-state index in [-0.39, 0.29) is 0 Å². The molecule has 0 bridgehead atoms. The summed E-state index contributed by atoms with van der Waals surface area (Å²) in [6.07, 6.45) is 3.03. The van der Waals surface area contributed by atoms with Crippen LogP contribution in [0.3, 0.4) is 0 Å². The molecule has 0 spiro atoms. The molecule has 2 aromatic rings. The predicted molar refractivity (Wildman–Crippen MR) is 69.7 cm³/mol. The number of fused-ring (bicyclic) bond motifs is 1. The highest BCUT2D eigenvalue weighted by atomic mass is 15.0. The van der Waals surface area contributed by atoms with E-state index in [0.717, 1.165) is 34.5 Å². The van der Waals surface area contributed by atoms with Gasteiger partial charge in [-0.2, -0.15) is 0 Å². The zero-order chi connectivity index (χ0) is 12.6. The van der Waals surface area contributed by atoms with Gasteiger partial charge in [0.05, 0.1) is 5.69 Å². The minimum absolute atomic E-state index is 0.537. The first-order valence-electron chi connectivity index (χ1n) is 6.04. The first-order valence-corrected chi connectivity index (χ1v) is 6.04. The molecule has 2 rings (SSSR count). The summed E-state index contributed by atoms with van der Waals surface area (Å²) >= 11 is 0. The van der Waals surface area contributed by atoms with Crippen molar-refractivity contribution in [3.8, 4) is 0 Å². The van der Waals surface area contributed by atoms with Crippen LogP contribution < -0.4 is 5.73 Å². The summed E-state index contributed by atoms with van der Waals surface area (Å²) in [5.74, 6) is 1.41. The van der Waals surface area contributed by atoms with E-state index < -0.39 is 0 Å². The van der Waals surface area contributed by atoms with E-state index in [2.05, 4.69) is 30.0 Å². The van der Waals surface area contributed by atoms with Crippen LogP contribution in [0.2, 0.25) is 0 Å². The Kier molecular flexibility index (Phi) is 3.15. The van der Waals surface area contributed by atoms with E-state index in [4.69, 9.17) is 5.73 Å². The molecule has 0 amide bonds. The molecule has 0 atom stereocenters. The van der Waals surface area contributed by atoms with Crippen LogP contribution >= 0.6 is 0 Å². The van der Waals surface area contributed by atoms with E-state index in [1.54, 1.807) is 0 Å². The molecule has 0 aliphatic rings. The molecule has 17 heavy (non-hydrogen) atoms. The van der Waals surface area contributed by atoms with Crippen molar-refractivity contribution in [3.05, 3.63) is 23.3 Å². The van der Waals surface area contributed by atoms with Crippen LogP contribution in [0.1, 0.15) is 30.9 Å². The fourth-order valence-electron chi connectivity index (χ4n) is 2.25. The molecular weight excluding hydrogens is 212 g/mol. The summed E-state index contributed by atoms with van der Waals surface area (Å²) in [7, 11) is 2.01. The fraction of sp³-hybridized carbons (Fsp3) is 0.538. The van der Waals surface area contributed by atoms with Gasteiger partial charge in [-0.1, -0.05) is 13.8 Å². The van der Waals surface area contributed by atoms with E-state index in [9.17, 15) is 0 Å². The summed E-state index contributed by atoms with van der Waals surface area (Å²) in [5, 5.41) is 1.15. The first kappa shape index (κ1) is 12.0. The SMILES string of the molecule is Cc1nc(CC(C)C)c2c(CN)cn(C)c2n1. The van der Waals surface area contributed by atoms with Crippen molar-refractivity contribution in [2.75, 3.05) is 0 Å². The molecule has 0 fully saturated rings. The fourth-order valence-corrected chi connectivity index (χ4v) is 2.25. The number of aryl methyl sites for hydroxylation is 2. The molecule has 2 aromatic heterocycles. The lowest BCUT2D eigenvalue weighted by Gasteiger charge is -2.08. The van der Waals surface area contributed by atoms with Crippen molar-refractivity contribution in [2.45, 2.75) is 33.7 Å². The standard InChI is InChI=1S/C13H20N4/c1-8(2)5-11-12-10(6-14)7-17(4)13(12)16-9(3)15-11/h7-8H,5-6,14H2,1-4H3. The quantitative estimate of drug-likeness (QED) is 0.879. The summed E-state index contributed by atoms with van der Waals surface area (Å²) in [5.41, 5.74) is 9.06. The van der Waals surface area contributed by atoms with Crippen molar-refractivity contribution in [1.29, 1.82) is 0 Å². The first-order chi connectivity index (χ1) is 8.02. The lowest BCUT2D eigenvalue weighted by atomic mass is 10.0. The van der Waals surface area contributed by atoms with Crippen LogP contribution in [0, 0.1) is 12.8 Å². The second-order valence-electron chi connectivity index (χ2n) is 4.98. The number of nitrogens with two attached hydrogens (primary N) is 1. The van der Waals surface area contributed by atoms with Crippen LogP contribution in [0.4, 0.5) is 0 Å². The topological polar surface area (TPSA) is 56.7 Å². The summed E-state index contributed by atoms with van der Waals surface area (Å²) in [6.45, 7) is 6.88. The highest BCUT2D eigenvalue weighted by molar-refractivity contribution is 5.83. The van der Waals surface area contributed by atoms with Gasteiger partial charge in [-0.15, -0.1) is 0 Å². The Morgan fingerprint density at radius 2 is 2.06 bits per heavy atom. The van der Waals surface area contributed by atoms with Crippen LogP contribution in [-0.4, -0.2) is 14.5 Å². The van der Waals surface area contributed by atoms with Crippen LogP contribution in [-0.2, 0) is 20.0 Å². The Morgan fingerprint density at radius 1 is 1.35 bits per heavy atom. The maximum atomic E-state index is 5.80. The van der Waals surface area contributed by atoms with E-state index in [0.29, 0.717) is 12.5 Å². The molecule has 0 saturated heterocycles. The van der Waals surface area contributed by atoms with Crippen LogP contribution in [0.25, 0.3) is 11.0 Å². The number of aromatic nitrogens is 3. The smallest absolute Gasteiger partial charge is 0.143 e. The van der Waals surface area contributed by atoms with Gasteiger partial charge in [0.1, 0.15) is 11.5 Å². The molecule has 4 heteroatoms. The molecular formula is C13H20N4. The Hall–Kier alpha value is -1.42. The van der Waals surface area contributed by atoms with E-state index >= 15 is 0 Å². The molecule has 0 saturated carbocycles. The molecule has 2 heterocycles. The minimum atomic E-state index is 0.537. The van der Waals surface area contributed by atoms with Crippen LogP contribution in [0.5, 0.6) is 0 Å². The van der Waals surface area contributed by atoms with Gasteiger partial charge in [-0.3, -0.25) is 0 Å². The molecule has 0 aliphatic heterocycles. The summed E-state index contributed by atoms with van der Waals surface area (Å²) in [4.78, 5) is 9.09. The molecule has 0 aliphatic carbocycles. The molecule has 2 N–H and O–H groups in total. The van der Waals surface area contributed by atoms with Gasteiger partial charge in [-0.05, 0) is 24.8 Å². The lowest BCUT2D eigenvalue weighted by molar-refractivity contribution is 0.636. The maximum Gasteiger partial charge on any atom is 0.143 e. The second kappa shape index (κ2) is 4.45. The number of hydrogen-bond acceptors (Lipinski definition) is 3. The number of nitrogens with zero attached hydrogens (tertiary/aromatic N) is 3. The molecule has 4 nitrogen and oxygen atoms in total. The summed E-state index contributed by atoms with van der Waals surface area (Å²) in [6, 6.07) is 0. The molecule has 0 aromatic carbocycles. The van der Waals surface area contributed by atoms with Crippen molar-refractivity contribution in [2.24, 2.45) is 18.7 Å². The third kappa shape index (κ3) is 2.17. The van der Waals surface area contributed by atoms with Crippen molar-refractivity contribution in [3.63, 3.8) is 0 Å². The van der Waals surface area contributed by atoms with Crippen molar-refractivity contribution >= 4 is 11.0 Å². The number of rotatable bonds is 3. The lowest BCUT2D eigenvalue weighted by Crippen LogP contribution is -2.04. The van der Waals surface area contributed by atoms with Gasteiger partial charge < -0.3 is 10.3 Å². The maximum absolute atomic E-state index is 5.80. The van der Waals surface area contributed by atoms with E-state index in [1.165, 1.54) is 0 Å². The second-order valence-corrected chi connectivity index (χ2v) is 4.98. The Morgan fingerprint density at radius 3 is 2.65 bits per heavy atom. The molecule has 0 unspecified atom stereocenters. The third-order valence-corrected chi connectivity index (χ3v) is 2.90.